The Morgan fingerprint density at radius 2 is 2.17 bits per heavy atom. The van der Waals surface area contributed by atoms with Crippen LogP contribution in [0.3, 0.4) is 0 Å². The molecule has 1 heterocycles. The number of amides is 1. The van der Waals surface area contributed by atoms with Crippen LogP contribution in [0.25, 0.3) is 0 Å². The monoisotopic (exact) mass is 257 g/mol. The maximum atomic E-state index is 12.1. The van der Waals surface area contributed by atoms with Crippen LogP contribution in [0, 0.1) is 5.92 Å². The molecule has 3 unspecified atom stereocenters. The Kier molecular flexibility index (Phi) is 5.59. The minimum atomic E-state index is -0.893. The van der Waals surface area contributed by atoms with Gasteiger partial charge in [0.1, 0.15) is 6.04 Å². The van der Waals surface area contributed by atoms with Gasteiger partial charge in [0.2, 0.25) is 5.91 Å². The van der Waals surface area contributed by atoms with Gasteiger partial charge in [-0.15, -0.1) is 0 Å². The van der Waals surface area contributed by atoms with E-state index in [0.717, 1.165) is 12.8 Å². The van der Waals surface area contributed by atoms with Crippen molar-refractivity contribution in [1.82, 2.24) is 4.90 Å². The second-order valence-electron chi connectivity index (χ2n) is 5.07. The summed E-state index contributed by atoms with van der Waals surface area (Å²) in [4.78, 5) is 24.9. The molecule has 0 aromatic carbocycles. The SMILES string of the molecule is COC(C)CCC(=O)N1CCCC(C)C1C(=O)O. The van der Waals surface area contributed by atoms with Crippen LogP contribution in [-0.2, 0) is 14.3 Å². The van der Waals surface area contributed by atoms with Crippen LogP contribution in [0.15, 0.2) is 0 Å². The highest BCUT2D eigenvalue weighted by atomic mass is 16.5. The van der Waals surface area contributed by atoms with Gasteiger partial charge < -0.3 is 14.7 Å². The number of carbonyl (C=O) groups is 2. The molecule has 5 nitrogen and oxygen atoms in total. The molecule has 1 saturated heterocycles. The maximum Gasteiger partial charge on any atom is 0.326 e. The number of hydrogen-bond donors (Lipinski definition) is 1. The Balaban J connectivity index is 2.61. The number of piperidine rings is 1. The molecule has 1 aliphatic heterocycles. The highest BCUT2D eigenvalue weighted by Gasteiger charge is 2.36. The maximum absolute atomic E-state index is 12.1. The standard InChI is InChI=1S/C13H23NO4/c1-9-5-4-8-14(12(9)13(16)17)11(15)7-6-10(2)18-3/h9-10,12H,4-8H2,1-3H3,(H,16,17). The Bertz CT molecular complexity index is 305. The van der Waals surface area contributed by atoms with Gasteiger partial charge in [0.25, 0.3) is 0 Å². The van der Waals surface area contributed by atoms with Crippen LogP contribution < -0.4 is 0 Å². The number of methoxy groups -OCH3 is 1. The summed E-state index contributed by atoms with van der Waals surface area (Å²) in [6, 6.07) is -0.663. The normalized spacial score (nSPS) is 25.8. The van der Waals surface area contributed by atoms with E-state index in [1.54, 1.807) is 7.11 Å². The Morgan fingerprint density at radius 3 is 2.72 bits per heavy atom. The van der Waals surface area contributed by atoms with Gasteiger partial charge in [-0.2, -0.15) is 0 Å². The predicted octanol–water partition coefficient (Wildman–Crippen LogP) is 1.51. The molecule has 0 saturated carbocycles. The van der Waals surface area contributed by atoms with Gasteiger partial charge in [0.05, 0.1) is 6.10 Å². The summed E-state index contributed by atoms with van der Waals surface area (Å²) in [6.07, 6.45) is 2.77. The molecule has 0 aromatic rings. The second-order valence-corrected chi connectivity index (χ2v) is 5.07. The summed E-state index contributed by atoms with van der Waals surface area (Å²) in [5, 5.41) is 9.23. The number of hydrogen-bond acceptors (Lipinski definition) is 3. The fourth-order valence-corrected chi connectivity index (χ4v) is 2.43. The van der Waals surface area contributed by atoms with Crippen molar-refractivity contribution >= 4 is 11.9 Å². The molecule has 1 aliphatic rings. The van der Waals surface area contributed by atoms with Crippen molar-refractivity contribution in [2.45, 2.75) is 51.7 Å². The molecular weight excluding hydrogens is 234 g/mol. The molecule has 3 atom stereocenters. The van der Waals surface area contributed by atoms with Crippen molar-refractivity contribution in [3.8, 4) is 0 Å². The molecule has 1 N–H and O–H groups in total. The van der Waals surface area contributed by atoms with Crippen molar-refractivity contribution in [3.63, 3.8) is 0 Å². The molecule has 5 heteroatoms. The van der Waals surface area contributed by atoms with E-state index in [-0.39, 0.29) is 17.9 Å². The van der Waals surface area contributed by atoms with Crippen LogP contribution >= 0.6 is 0 Å². The highest BCUT2D eigenvalue weighted by Crippen LogP contribution is 2.24. The number of aliphatic carboxylic acids is 1. The van der Waals surface area contributed by atoms with E-state index in [0.29, 0.717) is 19.4 Å². The molecule has 104 valence electrons. The van der Waals surface area contributed by atoms with E-state index in [1.807, 2.05) is 13.8 Å². The number of carboxylic acid groups (broad SMARTS) is 1. The highest BCUT2D eigenvalue weighted by molar-refractivity contribution is 5.84. The van der Waals surface area contributed by atoms with E-state index >= 15 is 0 Å². The molecule has 0 aromatic heterocycles. The lowest BCUT2D eigenvalue weighted by atomic mass is 9.90. The van der Waals surface area contributed by atoms with Gasteiger partial charge in [0, 0.05) is 20.1 Å². The van der Waals surface area contributed by atoms with Gasteiger partial charge >= 0.3 is 5.97 Å². The first-order chi connectivity index (χ1) is 8.47. The quantitative estimate of drug-likeness (QED) is 0.810. The number of carbonyl (C=O) groups excluding carboxylic acids is 1. The summed E-state index contributed by atoms with van der Waals surface area (Å²) in [5.41, 5.74) is 0. The van der Waals surface area contributed by atoms with Crippen molar-refractivity contribution in [2.24, 2.45) is 5.92 Å². The van der Waals surface area contributed by atoms with E-state index < -0.39 is 12.0 Å². The van der Waals surface area contributed by atoms with Crippen LogP contribution in [0.5, 0.6) is 0 Å². The fourth-order valence-electron chi connectivity index (χ4n) is 2.43. The predicted molar refractivity (Wildman–Crippen MR) is 67.2 cm³/mol. The Labute approximate surface area is 108 Å². The van der Waals surface area contributed by atoms with E-state index in [1.165, 1.54) is 4.90 Å². The summed E-state index contributed by atoms with van der Waals surface area (Å²) in [7, 11) is 1.61. The van der Waals surface area contributed by atoms with Crippen molar-refractivity contribution in [3.05, 3.63) is 0 Å². The lowest BCUT2D eigenvalue weighted by Gasteiger charge is -2.37. The number of nitrogens with zero attached hydrogens (tertiary/aromatic N) is 1. The van der Waals surface area contributed by atoms with Gasteiger partial charge in [-0.05, 0) is 32.1 Å². The third-order valence-electron chi connectivity index (χ3n) is 3.67. The molecule has 0 radical (unpaired) electrons. The number of rotatable bonds is 5. The molecule has 0 spiro atoms. The fraction of sp³-hybridized carbons (Fsp3) is 0.846. The molecule has 1 amide bonds. The summed E-state index contributed by atoms with van der Waals surface area (Å²) in [6.45, 7) is 4.36. The zero-order valence-electron chi connectivity index (χ0n) is 11.4. The third-order valence-corrected chi connectivity index (χ3v) is 3.67. The number of carboxylic acids is 1. The molecule has 1 fully saturated rings. The minimum absolute atomic E-state index is 0.0273. The minimum Gasteiger partial charge on any atom is -0.480 e. The van der Waals surface area contributed by atoms with Crippen LogP contribution in [0.4, 0.5) is 0 Å². The molecule has 1 rings (SSSR count). The second kappa shape index (κ2) is 6.73. The van der Waals surface area contributed by atoms with Crippen LogP contribution in [0.2, 0.25) is 0 Å². The van der Waals surface area contributed by atoms with Crippen LogP contribution in [-0.4, -0.2) is 47.7 Å². The van der Waals surface area contributed by atoms with Crippen molar-refractivity contribution in [1.29, 1.82) is 0 Å². The summed E-state index contributed by atoms with van der Waals surface area (Å²) < 4.78 is 5.10. The molecule has 0 bridgehead atoms. The molecule has 0 aliphatic carbocycles. The van der Waals surface area contributed by atoms with Crippen molar-refractivity contribution < 1.29 is 19.4 Å². The molecular formula is C13H23NO4. The molecule has 18 heavy (non-hydrogen) atoms. The lowest BCUT2D eigenvalue weighted by molar-refractivity contribution is -0.154. The average Bonchev–Trinajstić information content (AvgIpc) is 2.34. The third kappa shape index (κ3) is 3.70. The van der Waals surface area contributed by atoms with Gasteiger partial charge in [-0.1, -0.05) is 6.92 Å². The summed E-state index contributed by atoms with van der Waals surface area (Å²) >= 11 is 0. The topological polar surface area (TPSA) is 66.8 Å². The van der Waals surface area contributed by atoms with E-state index in [4.69, 9.17) is 4.74 Å². The average molecular weight is 257 g/mol. The number of likely N-dealkylation sites (tertiary alicyclic amines) is 1. The lowest BCUT2D eigenvalue weighted by Crippen LogP contribution is -2.52. The Morgan fingerprint density at radius 1 is 1.50 bits per heavy atom. The van der Waals surface area contributed by atoms with Crippen molar-refractivity contribution in [2.75, 3.05) is 13.7 Å². The zero-order chi connectivity index (χ0) is 13.7. The first-order valence-electron chi connectivity index (χ1n) is 6.52. The smallest absolute Gasteiger partial charge is 0.326 e. The summed E-state index contributed by atoms with van der Waals surface area (Å²) in [5.74, 6) is -0.937. The van der Waals surface area contributed by atoms with Gasteiger partial charge in [0.15, 0.2) is 0 Å². The van der Waals surface area contributed by atoms with E-state index in [9.17, 15) is 14.7 Å². The van der Waals surface area contributed by atoms with E-state index in [2.05, 4.69) is 0 Å². The van der Waals surface area contributed by atoms with Gasteiger partial charge in [-0.3, -0.25) is 4.79 Å². The Hall–Kier alpha value is -1.10. The zero-order valence-corrected chi connectivity index (χ0v) is 11.4. The van der Waals surface area contributed by atoms with Gasteiger partial charge in [-0.25, -0.2) is 4.79 Å². The largest absolute Gasteiger partial charge is 0.480 e. The number of ether oxygens (including phenoxy) is 1. The first-order valence-corrected chi connectivity index (χ1v) is 6.52. The first kappa shape index (κ1) is 15.0. The van der Waals surface area contributed by atoms with Crippen LogP contribution in [0.1, 0.15) is 39.5 Å².